The highest BCUT2D eigenvalue weighted by Crippen LogP contribution is 2.14. The molecule has 0 fully saturated rings. The first kappa shape index (κ1) is 21.0. The van der Waals surface area contributed by atoms with Crippen LogP contribution in [0.4, 0.5) is 5.69 Å². The lowest BCUT2D eigenvalue weighted by Crippen LogP contribution is -2.32. The molecule has 32 heavy (non-hydrogen) atoms. The number of nitriles is 1. The van der Waals surface area contributed by atoms with Gasteiger partial charge in [0, 0.05) is 5.69 Å². The second kappa shape index (κ2) is 9.29. The van der Waals surface area contributed by atoms with Crippen LogP contribution in [0.15, 0.2) is 89.7 Å². The van der Waals surface area contributed by atoms with Crippen molar-refractivity contribution in [2.45, 2.75) is 6.92 Å². The van der Waals surface area contributed by atoms with Gasteiger partial charge >= 0.3 is 0 Å². The number of aromatic nitrogens is 1. The van der Waals surface area contributed by atoms with Crippen LogP contribution in [0.2, 0.25) is 0 Å². The number of rotatable bonds is 4. The van der Waals surface area contributed by atoms with Crippen LogP contribution >= 0.6 is 11.3 Å². The molecule has 3 aromatic carbocycles. The highest BCUT2D eigenvalue weighted by molar-refractivity contribution is 7.07. The van der Waals surface area contributed by atoms with E-state index in [-0.39, 0.29) is 15.8 Å². The first-order chi connectivity index (χ1) is 15.6. The monoisotopic (exact) mass is 437 g/mol. The average molecular weight is 438 g/mol. The Morgan fingerprint density at radius 2 is 1.59 bits per heavy atom. The zero-order chi connectivity index (χ0) is 22.5. The number of carbonyl (C=O) groups is 1. The number of nitrogens with zero attached hydrogens (tertiary/aromatic N) is 2. The summed E-state index contributed by atoms with van der Waals surface area (Å²) in [5.41, 5.74) is 2.55. The van der Waals surface area contributed by atoms with Gasteiger partial charge in [0.1, 0.15) is 10.7 Å². The van der Waals surface area contributed by atoms with E-state index >= 15 is 0 Å². The van der Waals surface area contributed by atoms with Crippen LogP contribution < -0.4 is 20.1 Å². The molecule has 6 heteroatoms. The van der Waals surface area contributed by atoms with Gasteiger partial charge in [-0.05, 0) is 42.3 Å². The van der Waals surface area contributed by atoms with Gasteiger partial charge in [-0.15, -0.1) is 11.3 Å². The molecule has 1 N–H and O–H groups in total. The summed E-state index contributed by atoms with van der Waals surface area (Å²) in [5, 5.41) is 12.7. The number of thiazole rings is 1. The van der Waals surface area contributed by atoms with E-state index in [1.165, 1.54) is 4.57 Å². The topological polar surface area (TPSA) is 74.9 Å². The number of benzene rings is 3. The normalized spacial score (nSPS) is 12.2. The minimum Gasteiger partial charge on any atom is -0.321 e. The van der Waals surface area contributed by atoms with Gasteiger partial charge in [0.2, 0.25) is 0 Å². The predicted octanol–water partition coefficient (Wildman–Crippen LogP) is 3.35. The molecule has 0 radical (unpaired) electrons. The van der Waals surface area contributed by atoms with E-state index in [1.807, 2.05) is 79.7 Å². The first-order valence-corrected chi connectivity index (χ1v) is 10.8. The van der Waals surface area contributed by atoms with Crippen LogP contribution in [-0.4, -0.2) is 10.5 Å². The summed E-state index contributed by atoms with van der Waals surface area (Å²) in [6.07, 6.45) is 1.77. The van der Waals surface area contributed by atoms with Gasteiger partial charge in [-0.3, -0.25) is 14.2 Å². The second-order valence-electron chi connectivity index (χ2n) is 7.06. The Morgan fingerprint density at radius 1 is 0.969 bits per heavy atom. The minimum absolute atomic E-state index is 0.119. The molecule has 4 rings (SSSR count). The van der Waals surface area contributed by atoms with Crippen molar-refractivity contribution in [3.8, 4) is 11.8 Å². The number of aryl methyl sites for hydroxylation is 1. The SMILES string of the molecule is Cc1ccccc1NC(=O)/C(C#N)=c1/s/c(=C/c2ccccc2)c(=O)n1-c1ccccc1. The fourth-order valence-electron chi connectivity index (χ4n) is 3.26. The Labute approximate surface area is 188 Å². The Kier molecular flexibility index (Phi) is 6.11. The molecule has 1 heterocycles. The number of hydrogen-bond acceptors (Lipinski definition) is 4. The molecule has 0 spiro atoms. The number of para-hydroxylation sites is 2. The molecule has 1 aromatic heterocycles. The summed E-state index contributed by atoms with van der Waals surface area (Å²) in [4.78, 5) is 26.4. The molecule has 5 nitrogen and oxygen atoms in total. The average Bonchev–Trinajstić information content (AvgIpc) is 3.12. The summed E-state index contributed by atoms with van der Waals surface area (Å²) in [6.45, 7) is 1.87. The third kappa shape index (κ3) is 4.29. The first-order valence-electron chi connectivity index (χ1n) is 9.94. The van der Waals surface area contributed by atoms with Crippen molar-refractivity contribution in [2.24, 2.45) is 0 Å². The van der Waals surface area contributed by atoms with Gasteiger partial charge in [0.25, 0.3) is 11.5 Å². The van der Waals surface area contributed by atoms with Crippen LogP contribution in [-0.2, 0) is 4.79 Å². The molecule has 0 unspecified atom stereocenters. The van der Waals surface area contributed by atoms with Crippen LogP contribution in [0, 0.1) is 18.3 Å². The minimum atomic E-state index is -0.556. The molecule has 0 saturated carbocycles. The van der Waals surface area contributed by atoms with E-state index < -0.39 is 5.91 Å². The third-order valence-corrected chi connectivity index (χ3v) is 5.97. The lowest BCUT2D eigenvalue weighted by atomic mass is 10.2. The molecule has 0 aliphatic rings. The Bertz CT molecular complexity index is 1490. The van der Waals surface area contributed by atoms with Crippen LogP contribution in [0.1, 0.15) is 11.1 Å². The van der Waals surface area contributed by atoms with Gasteiger partial charge < -0.3 is 5.32 Å². The zero-order valence-corrected chi connectivity index (χ0v) is 18.1. The van der Waals surface area contributed by atoms with Gasteiger partial charge in [-0.25, -0.2) is 0 Å². The van der Waals surface area contributed by atoms with E-state index in [0.717, 1.165) is 22.5 Å². The summed E-state index contributed by atoms with van der Waals surface area (Å²) < 4.78 is 2.15. The number of nitrogens with one attached hydrogen (secondary N) is 1. The van der Waals surface area contributed by atoms with Gasteiger partial charge in [-0.2, -0.15) is 5.26 Å². The lowest BCUT2D eigenvalue weighted by Gasteiger charge is -2.08. The molecule has 0 bridgehead atoms. The van der Waals surface area contributed by atoms with Gasteiger partial charge in [-0.1, -0.05) is 66.7 Å². The van der Waals surface area contributed by atoms with Crippen LogP contribution in [0.25, 0.3) is 17.3 Å². The van der Waals surface area contributed by atoms with E-state index in [4.69, 9.17) is 0 Å². The Balaban J connectivity index is 1.96. The van der Waals surface area contributed by atoms with Crippen molar-refractivity contribution in [3.05, 3.63) is 116 Å². The molecule has 0 aliphatic carbocycles. The molecule has 0 saturated heterocycles. The Hall–Kier alpha value is -4.21. The van der Waals surface area contributed by atoms with Crippen molar-refractivity contribution in [1.29, 1.82) is 5.26 Å². The van der Waals surface area contributed by atoms with E-state index in [2.05, 4.69) is 5.32 Å². The smallest absolute Gasteiger partial charge is 0.273 e. The molecular weight excluding hydrogens is 418 g/mol. The number of carbonyl (C=O) groups excluding carboxylic acids is 1. The maximum Gasteiger partial charge on any atom is 0.273 e. The van der Waals surface area contributed by atoms with Crippen molar-refractivity contribution in [3.63, 3.8) is 0 Å². The standard InChI is InChI=1S/C26H19N3O2S/c1-18-10-8-9-15-22(18)28-24(30)21(17-27)26-29(20-13-6-3-7-14-20)25(31)23(32-26)16-19-11-4-2-5-12-19/h2-16H,1H3,(H,28,30)/b23-16+,26-21+. The van der Waals surface area contributed by atoms with Crippen molar-refractivity contribution in [1.82, 2.24) is 4.57 Å². The highest BCUT2D eigenvalue weighted by atomic mass is 32.1. The van der Waals surface area contributed by atoms with Gasteiger partial charge in [0.15, 0.2) is 5.57 Å². The predicted molar refractivity (Wildman–Crippen MR) is 128 cm³/mol. The quantitative estimate of drug-likeness (QED) is 0.532. The molecule has 156 valence electrons. The third-order valence-electron chi connectivity index (χ3n) is 4.88. The maximum atomic E-state index is 13.3. The Morgan fingerprint density at radius 3 is 2.25 bits per heavy atom. The summed E-state index contributed by atoms with van der Waals surface area (Å²) in [5.74, 6) is -0.556. The highest BCUT2D eigenvalue weighted by Gasteiger charge is 2.17. The number of amides is 1. The zero-order valence-electron chi connectivity index (χ0n) is 17.3. The van der Waals surface area contributed by atoms with Gasteiger partial charge in [0.05, 0.1) is 10.2 Å². The van der Waals surface area contributed by atoms with Crippen molar-refractivity contribution in [2.75, 3.05) is 5.32 Å². The lowest BCUT2D eigenvalue weighted by molar-refractivity contribution is -0.111. The molecule has 0 aliphatic heterocycles. The molecule has 0 atom stereocenters. The van der Waals surface area contributed by atoms with E-state index in [9.17, 15) is 14.9 Å². The largest absolute Gasteiger partial charge is 0.321 e. The number of hydrogen-bond donors (Lipinski definition) is 1. The summed E-state index contributed by atoms with van der Waals surface area (Å²) in [6, 6.07) is 27.8. The van der Waals surface area contributed by atoms with E-state index in [1.54, 1.807) is 24.3 Å². The maximum absolute atomic E-state index is 13.3. The summed E-state index contributed by atoms with van der Waals surface area (Å²) in [7, 11) is 0. The fourth-order valence-corrected chi connectivity index (χ4v) is 4.36. The molecule has 4 aromatic rings. The van der Waals surface area contributed by atoms with Crippen LogP contribution in [0.3, 0.4) is 0 Å². The van der Waals surface area contributed by atoms with Crippen molar-refractivity contribution >= 4 is 34.6 Å². The second-order valence-corrected chi connectivity index (χ2v) is 8.09. The number of anilines is 1. The van der Waals surface area contributed by atoms with Crippen molar-refractivity contribution < 1.29 is 4.79 Å². The molecule has 1 amide bonds. The fraction of sp³-hybridized carbons (Fsp3) is 0.0385. The summed E-state index contributed by atoms with van der Waals surface area (Å²) >= 11 is 1.13. The van der Waals surface area contributed by atoms with Crippen LogP contribution in [0.5, 0.6) is 0 Å². The van der Waals surface area contributed by atoms with E-state index in [0.29, 0.717) is 15.9 Å². The molecular formula is C26H19N3O2S.